The van der Waals surface area contributed by atoms with E-state index in [9.17, 15) is 0 Å². The Balaban J connectivity index is 1.08. The molecule has 1 aliphatic carbocycles. The van der Waals surface area contributed by atoms with Crippen molar-refractivity contribution in [1.29, 1.82) is 0 Å². The Morgan fingerprint density at radius 1 is 0.692 bits per heavy atom. The SMILES string of the molecule is CCc1ccc(Nc2ccc3c(c2)C(C)(C)C(/C=C/C2=C(Cl)C(=C/C=C4\N(C)c5ccc(Nc6ccc(CC)cc6)cc5C4(C)C)/CC2)=[N+]3C)cc1. The van der Waals surface area contributed by atoms with Gasteiger partial charge in [0.2, 0.25) is 5.69 Å². The lowest BCUT2D eigenvalue weighted by molar-refractivity contribution is -0.401. The van der Waals surface area contributed by atoms with Gasteiger partial charge in [-0.3, -0.25) is 0 Å². The number of nitrogens with one attached hydrogen (secondary N) is 2. The van der Waals surface area contributed by atoms with Crippen molar-refractivity contribution in [2.24, 2.45) is 0 Å². The van der Waals surface area contributed by atoms with Gasteiger partial charge in [-0.25, -0.2) is 0 Å². The van der Waals surface area contributed by atoms with E-state index in [-0.39, 0.29) is 10.8 Å². The highest BCUT2D eigenvalue weighted by Gasteiger charge is 2.43. The number of hydrogen-bond acceptors (Lipinski definition) is 3. The Bertz CT molecular complexity index is 2180. The maximum absolute atomic E-state index is 7.12. The van der Waals surface area contributed by atoms with Crippen LogP contribution < -0.4 is 15.5 Å². The van der Waals surface area contributed by atoms with Gasteiger partial charge in [0.1, 0.15) is 7.05 Å². The fourth-order valence-electron chi connectivity index (χ4n) is 8.18. The summed E-state index contributed by atoms with van der Waals surface area (Å²) < 4.78 is 2.33. The van der Waals surface area contributed by atoms with E-state index in [0.717, 1.165) is 53.5 Å². The molecule has 5 heteroatoms. The molecule has 4 aromatic rings. The van der Waals surface area contributed by atoms with Crippen molar-refractivity contribution in [3.63, 3.8) is 0 Å². The topological polar surface area (TPSA) is 30.3 Å². The third kappa shape index (κ3) is 6.54. The molecule has 0 bridgehead atoms. The molecule has 0 amide bonds. The van der Waals surface area contributed by atoms with Crippen molar-refractivity contribution < 1.29 is 4.58 Å². The number of likely N-dealkylation sites (N-methyl/N-ethyl adjacent to an activating group) is 1. The Morgan fingerprint density at radius 2 is 1.25 bits per heavy atom. The molecule has 266 valence electrons. The van der Waals surface area contributed by atoms with Crippen LogP contribution in [0.15, 0.2) is 131 Å². The van der Waals surface area contributed by atoms with Crippen molar-refractivity contribution in [2.75, 3.05) is 29.6 Å². The first kappa shape index (κ1) is 35.6. The normalized spacial score (nSPS) is 19.0. The Morgan fingerprint density at radius 3 is 1.85 bits per heavy atom. The summed E-state index contributed by atoms with van der Waals surface area (Å²) in [6, 6.07) is 30.9. The highest BCUT2D eigenvalue weighted by atomic mass is 35.5. The lowest BCUT2D eigenvalue weighted by Crippen LogP contribution is -2.26. The highest BCUT2D eigenvalue weighted by Crippen LogP contribution is 2.48. The van der Waals surface area contributed by atoms with E-state index >= 15 is 0 Å². The molecule has 0 saturated carbocycles. The predicted octanol–water partition coefficient (Wildman–Crippen LogP) is 12.4. The van der Waals surface area contributed by atoms with Crippen LogP contribution in [0, 0.1) is 0 Å². The number of benzene rings is 4. The molecule has 3 aliphatic rings. The average molecular weight is 708 g/mol. The van der Waals surface area contributed by atoms with Gasteiger partial charge in [0.15, 0.2) is 5.71 Å². The first-order valence-electron chi connectivity index (χ1n) is 18.7. The average Bonchev–Trinajstić information content (AvgIpc) is 3.65. The molecule has 0 fully saturated rings. The second kappa shape index (κ2) is 14.0. The number of fused-ring (bicyclic) bond motifs is 2. The number of nitrogens with zero attached hydrogens (tertiary/aromatic N) is 2. The van der Waals surface area contributed by atoms with Crippen molar-refractivity contribution in [3.8, 4) is 0 Å². The summed E-state index contributed by atoms with van der Waals surface area (Å²) in [4.78, 5) is 2.33. The molecule has 0 atom stereocenters. The van der Waals surface area contributed by atoms with Crippen LogP contribution in [-0.4, -0.2) is 24.4 Å². The number of allylic oxidation sites excluding steroid dienone is 8. The van der Waals surface area contributed by atoms with Gasteiger partial charge in [-0.2, -0.15) is 4.58 Å². The van der Waals surface area contributed by atoms with E-state index in [1.807, 2.05) is 0 Å². The molecule has 7 rings (SSSR count). The first-order valence-corrected chi connectivity index (χ1v) is 19.1. The smallest absolute Gasteiger partial charge is 0.209 e. The second-order valence-electron chi connectivity index (χ2n) is 15.5. The van der Waals surface area contributed by atoms with Crippen LogP contribution in [0.25, 0.3) is 0 Å². The molecule has 52 heavy (non-hydrogen) atoms. The summed E-state index contributed by atoms with van der Waals surface area (Å²) in [7, 11) is 4.35. The minimum Gasteiger partial charge on any atom is -0.356 e. The van der Waals surface area contributed by atoms with E-state index in [2.05, 4.69) is 185 Å². The molecule has 2 N–H and O–H groups in total. The monoisotopic (exact) mass is 707 g/mol. The third-order valence-electron chi connectivity index (χ3n) is 11.5. The van der Waals surface area contributed by atoms with Gasteiger partial charge in [0, 0.05) is 69.3 Å². The van der Waals surface area contributed by atoms with E-state index in [4.69, 9.17) is 11.6 Å². The molecule has 4 aromatic carbocycles. The molecule has 0 spiro atoms. The molecule has 2 heterocycles. The molecule has 0 saturated heterocycles. The highest BCUT2D eigenvalue weighted by molar-refractivity contribution is 6.33. The minimum absolute atomic E-state index is 0.151. The summed E-state index contributed by atoms with van der Waals surface area (Å²) in [6.07, 6.45) is 13.0. The summed E-state index contributed by atoms with van der Waals surface area (Å²) in [6.45, 7) is 13.6. The van der Waals surface area contributed by atoms with Crippen LogP contribution in [0.5, 0.6) is 0 Å². The van der Waals surface area contributed by atoms with Crippen molar-refractivity contribution in [3.05, 3.63) is 153 Å². The molecular formula is C47H52ClN4+. The molecular weight excluding hydrogens is 656 g/mol. The molecule has 2 aliphatic heterocycles. The van der Waals surface area contributed by atoms with Crippen molar-refractivity contribution in [1.82, 2.24) is 0 Å². The van der Waals surface area contributed by atoms with Crippen LogP contribution in [0.2, 0.25) is 0 Å². The van der Waals surface area contributed by atoms with Gasteiger partial charge in [-0.1, -0.05) is 75.7 Å². The van der Waals surface area contributed by atoms with Gasteiger partial charge in [-0.05, 0) is 128 Å². The zero-order chi connectivity index (χ0) is 36.8. The predicted molar refractivity (Wildman–Crippen MR) is 224 cm³/mol. The molecule has 4 nitrogen and oxygen atoms in total. The quantitative estimate of drug-likeness (QED) is 0.170. The second-order valence-corrected chi connectivity index (χ2v) is 15.9. The maximum Gasteiger partial charge on any atom is 0.209 e. The standard InChI is InChI=1S/C47H52ClN4/c1-9-31-11-19-35(20-12-31)49-37-23-25-41-39(29-37)46(3,4)43(51(41)7)27-17-33-15-16-34(45(33)48)18-28-44-47(5,6)40-30-38(24-26-42(40)52(44)8)50-36-21-13-32(10-2)14-22-36/h11-14,17-30,49-50H,9-10,15-16H2,1-8H3/q+1. The minimum atomic E-state index is -0.151. The number of anilines is 5. The Hall–Kier alpha value is -4.80. The molecule has 0 radical (unpaired) electrons. The van der Waals surface area contributed by atoms with Gasteiger partial charge < -0.3 is 15.5 Å². The first-order chi connectivity index (χ1) is 24.9. The van der Waals surface area contributed by atoms with E-state index < -0.39 is 0 Å². The van der Waals surface area contributed by atoms with E-state index in [1.54, 1.807) is 0 Å². The maximum atomic E-state index is 7.12. The number of rotatable bonds is 9. The lowest BCUT2D eigenvalue weighted by Gasteiger charge is -2.24. The van der Waals surface area contributed by atoms with Gasteiger partial charge in [0.05, 0.1) is 5.41 Å². The Labute approximate surface area is 315 Å². The zero-order valence-electron chi connectivity index (χ0n) is 32.0. The number of hydrogen-bond donors (Lipinski definition) is 2. The van der Waals surface area contributed by atoms with Gasteiger partial charge in [-0.15, -0.1) is 0 Å². The fraction of sp³-hybridized carbons (Fsp3) is 0.298. The summed E-state index contributed by atoms with van der Waals surface area (Å²) >= 11 is 7.12. The Kier molecular flexibility index (Phi) is 9.56. The van der Waals surface area contributed by atoms with Gasteiger partial charge >= 0.3 is 0 Å². The van der Waals surface area contributed by atoms with Crippen LogP contribution >= 0.6 is 11.6 Å². The zero-order valence-corrected chi connectivity index (χ0v) is 32.7. The fourth-order valence-corrected chi connectivity index (χ4v) is 8.49. The van der Waals surface area contributed by atoms with Crippen molar-refractivity contribution in [2.45, 2.75) is 78.1 Å². The summed E-state index contributed by atoms with van der Waals surface area (Å²) in [5.74, 6) is 0. The molecule has 0 aromatic heterocycles. The molecule has 0 unspecified atom stereocenters. The summed E-state index contributed by atoms with van der Waals surface area (Å²) in [5.41, 5.74) is 16.9. The van der Waals surface area contributed by atoms with E-state index in [1.165, 1.54) is 56.2 Å². The number of aryl methyl sites for hydroxylation is 2. The van der Waals surface area contributed by atoms with E-state index in [0.29, 0.717) is 0 Å². The van der Waals surface area contributed by atoms with Crippen LogP contribution in [0.3, 0.4) is 0 Å². The summed E-state index contributed by atoms with van der Waals surface area (Å²) in [5, 5.41) is 8.10. The lowest BCUT2D eigenvalue weighted by atomic mass is 9.81. The number of halogens is 1. The van der Waals surface area contributed by atoms with Crippen LogP contribution in [0.1, 0.15) is 76.6 Å². The third-order valence-corrected chi connectivity index (χ3v) is 12.0. The van der Waals surface area contributed by atoms with Crippen LogP contribution in [0.4, 0.5) is 34.1 Å². The van der Waals surface area contributed by atoms with Crippen LogP contribution in [-0.2, 0) is 23.7 Å². The van der Waals surface area contributed by atoms with Gasteiger partial charge in [0.25, 0.3) is 0 Å². The largest absolute Gasteiger partial charge is 0.356 e. The van der Waals surface area contributed by atoms with Crippen molar-refractivity contribution >= 4 is 51.4 Å².